The van der Waals surface area contributed by atoms with Crippen LogP contribution in [-0.2, 0) is 0 Å². The Hall–Kier alpha value is -4.32. The Morgan fingerprint density at radius 2 is 1.77 bits per heavy atom. The molecule has 0 radical (unpaired) electrons. The summed E-state index contributed by atoms with van der Waals surface area (Å²) in [5.41, 5.74) is 3.79. The van der Waals surface area contributed by atoms with Gasteiger partial charge in [0.15, 0.2) is 6.23 Å². The number of nitrogens with one attached hydrogen (secondary N) is 4. The molecule has 1 unspecified atom stereocenters. The number of carbonyl (C=O) groups excluding carboxylic acids is 1. The predicted molar refractivity (Wildman–Crippen MR) is 124 cm³/mol. The number of aliphatic hydroxyl groups is 1. The van der Waals surface area contributed by atoms with E-state index in [1.54, 1.807) is 36.7 Å². The van der Waals surface area contributed by atoms with Gasteiger partial charge in [0.25, 0.3) is 0 Å². The molecule has 2 amide bonds. The summed E-state index contributed by atoms with van der Waals surface area (Å²) in [7, 11) is 0. The van der Waals surface area contributed by atoms with Crippen LogP contribution in [0.2, 0.25) is 0 Å². The normalized spacial score (nSPS) is 11.7. The number of benzene rings is 2. The van der Waals surface area contributed by atoms with Crippen molar-refractivity contribution in [3.63, 3.8) is 0 Å². The molecule has 0 bridgehead atoms. The number of H-pyrrole nitrogens is 1. The van der Waals surface area contributed by atoms with Crippen LogP contribution in [0.4, 0.5) is 25.0 Å². The Morgan fingerprint density at radius 1 is 1.00 bits per heavy atom. The van der Waals surface area contributed by atoms with E-state index in [1.165, 1.54) is 36.7 Å². The number of aryl methyl sites for hydroxylation is 1. The van der Waals surface area contributed by atoms with Gasteiger partial charge < -0.3 is 30.7 Å². The number of pyridine rings is 1. The molecule has 0 aliphatic rings. The van der Waals surface area contributed by atoms with E-state index in [0.29, 0.717) is 22.7 Å². The van der Waals surface area contributed by atoms with Crippen molar-refractivity contribution < 1.29 is 28.6 Å². The molecule has 2 aromatic heterocycles. The number of aromatic nitrogens is 2. The van der Waals surface area contributed by atoms with Crippen LogP contribution in [0.1, 0.15) is 17.4 Å². The van der Waals surface area contributed by atoms with Gasteiger partial charge in [-0.05, 0) is 48.9 Å². The molecule has 0 saturated heterocycles. The van der Waals surface area contributed by atoms with Crippen molar-refractivity contribution >= 4 is 17.4 Å². The quantitative estimate of drug-likeness (QED) is 0.161. The van der Waals surface area contributed by atoms with Gasteiger partial charge >= 0.3 is 6.03 Å². The van der Waals surface area contributed by atoms with Crippen molar-refractivity contribution in [2.24, 2.45) is 0 Å². The standard InChI is InChI=1S/C24H21F2N5O4/c1-13-2-4-17(25)20(8-13)30-24(33)29-19-5-3-15(10-18(19)26)35-16-6-7-27-22(11-16)21-9-14(12-28-21)23(32)31-34/h2-12,23,28,31-32,34H,1H3,(H2,29,30,33). The first-order valence-corrected chi connectivity index (χ1v) is 10.4. The number of aromatic amines is 1. The molecule has 0 saturated carbocycles. The highest BCUT2D eigenvalue weighted by atomic mass is 19.1. The third-order valence-electron chi connectivity index (χ3n) is 4.95. The van der Waals surface area contributed by atoms with E-state index in [-0.39, 0.29) is 17.1 Å². The molecular formula is C24H21F2N5O4. The zero-order valence-corrected chi connectivity index (χ0v) is 18.3. The minimum atomic E-state index is -1.26. The summed E-state index contributed by atoms with van der Waals surface area (Å²) >= 11 is 0. The zero-order chi connectivity index (χ0) is 24.9. The number of ether oxygens (including phenoxy) is 1. The number of hydrogen-bond acceptors (Lipinski definition) is 6. The minimum Gasteiger partial charge on any atom is -0.457 e. The van der Waals surface area contributed by atoms with Crippen molar-refractivity contribution in [2.45, 2.75) is 13.2 Å². The van der Waals surface area contributed by atoms with Gasteiger partial charge in [-0.25, -0.2) is 13.6 Å². The van der Waals surface area contributed by atoms with Crippen molar-refractivity contribution in [1.29, 1.82) is 0 Å². The lowest BCUT2D eigenvalue weighted by atomic mass is 10.2. The summed E-state index contributed by atoms with van der Waals surface area (Å²) in [5.74, 6) is -0.832. The number of anilines is 2. The molecule has 180 valence electrons. The maximum Gasteiger partial charge on any atom is 0.323 e. The first-order valence-electron chi connectivity index (χ1n) is 10.4. The molecular weight excluding hydrogens is 460 g/mol. The second-order valence-corrected chi connectivity index (χ2v) is 7.56. The highest BCUT2D eigenvalue weighted by Crippen LogP contribution is 2.28. The number of rotatable bonds is 7. The van der Waals surface area contributed by atoms with Crippen molar-refractivity contribution in [1.82, 2.24) is 15.4 Å². The number of halogens is 2. The largest absolute Gasteiger partial charge is 0.457 e. The molecule has 35 heavy (non-hydrogen) atoms. The van der Waals surface area contributed by atoms with Gasteiger partial charge in [0.2, 0.25) is 0 Å². The Kier molecular flexibility index (Phi) is 7.01. The molecule has 0 aliphatic heterocycles. The molecule has 4 rings (SSSR count). The summed E-state index contributed by atoms with van der Waals surface area (Å²) in [5, 5.41) is 23.1. The maximum absolute atomic E-state index is 14.6. The number of nitrogens with zero attached hydrogens (tertiary/aromatic N) is 1. The molecule has 2 heterocycles. The van der Waals surface area contributed by atoms with Crippen LogP contribution < -0.4 is 20.9 Å². The van der Waals surface area contributed by atoms with Crippen LogP contribution in [0, 0.1) is 18.6 Å². The molecule has 4 aromatic rings. The molecule has 11 heteroatoms. The minimum absolute atomic E-state index is 0.0207. The predicted octanol–water partition coefficient (Wildman–Crippen LogP) is 5.07. The fourth-order valence-electron chi connectivity index (χ4n) is 3.22. The van der Waals surface area contributed by atoms with E-state index >= 15 is 0 Å². The molecule has 0 fully saturated rings. The van der Waals surface area contributed by atoms with Gasteiger partial charge in [-0.2, -0.15) is 5.48 Å². The van der Waals surface area contributed by atoms with Gasteiger partial charge in [0.05, 0.1) is 22.8 Å². The smallest absolute Gasteiger partial charge is 0.323 e. The number of urea groups is 1. The summed E-state index contributed by atoms with van der Waals surface area (Å²) in [6, 6.07) is 12.1. The maximum atomic E-state index is 14.6. The summed E-state index contributed by atoms with van der Waals surface area (Å²) in [6.07, 6.45) is 1.74. The monoisotopic (exact) mass is 481 g/mol. The lowest BCUT2D eigenvalue weighted by molar-refractivity contribution is 0.000790. The summed E-state index contributed by atoms with van der Waals surface area (Å²) in [4.78, 5) is 19.3. The number of aliphatic hydroxyl groups excluding tert-OH is 1. The molecule has 2 aromatic carbocycles. The number of hydrogen-bond donors (Lipinski definition) is 6. The first-order chi connectivity index (χ1) is 16.8. The Bertz CT molecular complexity index is 1360. The molecule has 1 atom stereocenters. The number of hydroxylamine groups is 1. The van der Waals surface area contributed by atoms with Crippen LogP contribution in [0.25, 0.3) is 11.4 Å². The fraction of sp³-hybridized carbons (Fsp3) is 0.0833. The lowest BCUT2D eigenvalue weighted by Gasteiger charge is -2.11. The van der Waals surface area contributed by atoms with E-state index in [2.05, 4.69) is 20.6 Å². The topological polar surface area (TPSA) is 132 Å². The van der Waals surface area contributed by atoms with Gasteiger partial charge in [-0.1, -0.05) is 6.07 Å². The summed E-state index contributed by atoms with van der Waals surface area (Å²) < 4.78 is 34.1. The molecule has 6 N–H and O–H groups in total. The third-order valence-corrected chi connectivity index (χ3v) is 4.95. The van der Waals surface area contributed by atoms with E-state index in [9.17, 15) is 18.7 Å². The average Bonchev–Trinajstić information content (AvgIpc) is 3.33. The van der Waals surface area contributed by atoms with E-state index in [4.69, 9.17) is 9.94 Å². The lowest BCUT2D eigenvalue weighted by Crippen LogP contribution is -2.20. The van der Waals surface area contributed by atoms with E-state index in [1.807, 2.05) is 0 Å². The zero-order valence-electron chi connectivity index (χ0n) is 18.3. The van der Waals surface area contributed by atoms with Crippen LogP contribution in [0.3, 0.4) is 0 Å². The Balaban J connectivity index is 1.43. The van der Waals surface area contributed by atoms with Crippen molar-refractivity contribution in [2.75, 3.05) is 10.6 Å². The Morgan fingerprint density at radius 3 is 2.54 bits per heavy atom. The number of amides is 2. The fourth-order valence-corrected chi connectivity index (χ4v) is 3.22. The second kappa shape index (κ2) is 10.3. The van der Waals surface area contributed by atoms with Gasteiger partial charge in [0, 0.05) is 30.1 Å². The van der Waals surface area contributed by atoms with Crippen LogP contribution in [-0.4, -0.2) is 26.3 Å². The third kappa shape index (κ3) is 5.79. The van der Waals surface area contributed by atoms with Crippen molar-refractivity contribution in [3.05, 3.63) is 89.8 Å². The first kappa shape index (κ1) is 23.8. The highest BCUT2D eigenvalue weighted by molar-refractivity contribution is 6.00. The van der Waals surface area contributed by atoms with Gasteiger partial charge in [0.1, 0.15) is 23.1 Å². The SMILES string of the molecule is Cc1ccc(F)c(NC(=O)Nc2ccc(Oc3ccnc(-c4cc(C(O)NO)c[nH]4)c3)cc2F)c1. The van der Waals surface area contributed by atoms with E-state index < -0.39 is 23.9 Å². The molecule has 0 spiro atoms. The highest BCUT2D eigenvalue weighted by Gasteiger charge is 2.13. The van der Waals surface area contributed by atoms with Crippen LogP contribution >= 0.6 is 0 Å². The van der Waals surface area contributed by atoms with Crippen LogP contribution in [0.5, 0.6) is 11.5 Å². The molecule has 0 aliphatic carbocycles. The van der Waals surface area contributed by atoms with E-state index in [0.717, 1.165) is 11.6 Å². The average molecular weight is 481 g/mol. The van der Waals surface area contributed by atoms with Gasteiger partial charge in [-0.15, -0.1) is 0 Å². The van der Waals surface area contributed by atoms with Crippen LogP contribution in [0.15, 0.2) is 67.0 Å². The summed E-state index contributed by atoms with van der Waals surface area (Å²) in [6.45, 7) is 1.75. The number of carbonyl (C=O) groups is 1. The van der Waals surface area contributed by atoms with Gasteiger partial charge in [-0.3, -0.25) is 4.98 Å². The van der Waals surface area contributed by atoms with Crippen molar-refractivity contribution in [3.8, 4) is 22.9 Å². The molecule has 9 nitrogen and oxygen atoms in total. The second-order valence-electron chi connectivity index (χ2n) is 7.56. The Labute approximate surface area is 198 Å².